The fraction of sp³-hybridized carbons (Fsp3) is 0.900. The molecule has 0 aliphatic carbocycles. The molecule has 0 aliphatic heterocycles. The topological polar surface area (TPSA) is 43.4 Å². The van der Waals surface area contributed by atoms with Gasteiger partial charge in [-0.25, -0.2) is 0 Å². The van der Waals surface area contributed by atoms with Crippen molar-refractivity contribution in [3.8, 4) is 0 Å². The molecule has 0 aromatic heterocycles. The molecular weight excluding hydrogens is 288 g/mol. The number of unbranched alkanes of at least 4 members (excludes halogenated alkanes) is 11. The Morgan fingerprint density at radius 1 is 0.609 bits per heavy atom. The average molecular weight is 327 g/mol. The van der Waals surface area contributed by atoms with E-state index in [0.717, 1.165) is 38.5 Å². The first-order valence-corrected chi connectivity index (χ1v) is 9.79. The summed E-state index contributed by atoms with van der Waals surface area (Å²) in [5.74, 6) is 0.365. The molecule has 0 fully saturated rings. The normalized spacial score (nSPS) is 10.7. The molecule has 0 saturated carbocycles. The highest BCUT2D eigenvalue weighted by Crippen LogP contribution is 2.12. The van der Waals surface area contributed by atoms with E-state index in [0.29, 0.717) is 12.2 Å². The Morgan fingerprint density at radius 2 is 1.00 bits per heavy atom. The highest BCUT2D eigenvalue weighted by atomic mass is 16.5. The van der Waals surface area contributed by atoms with Crippen molar-refractivity contribution >= 4 is 11.8 Å². The summed E-state index contributed by atoms with van der Waals surface area (Å²) < 4.78 is 4.62. The van der Waals surface area contributed by atoms with E-state index in [9.17, 15) is 9.59 Å². The molecule has 23 heavy (non-hydrogen) atoms. The first-order chi connectivity index (χ1) is 11.2. The summed E-state index contributed by atoms with van der Waals surface area (Å²) >= 11 is 0. The molecule has 0 N–H and O–H groups in total. The molecule has 3 nitrogen and oxygen atoms in total. The summed E-state index contributed by atoms with van der Waals surface area (Å²) in [7, 11) is 1.44. The highest BCUT2D eigenvalue weighted by molar-refractivity contribution is 5.78. The maximum atomic E-state index is 11.7. The van der Waals surface area contributed by atoms with Gasteiger partial charge in [0.2, 0.25) is 0 Å². The molecule has 0 spiro atoms. The van der Waals surface area contributed by atoms with Crippen LogP contribution in [0.1, 0.15) is 110 Å². The predicted octanol–water partition coefficient (Wildman–Crippen LogP) is 5.99. The third-order valence-corrected chi connectivity index (χ3v) is 4.37. The molecule has 0 aromatic rings. The molecule has 0 amide bonds. The standard InChI is InChI=1S/C20H38O3/c1-3-4-5-10-13-16-19(21)17-14-11-8-6-7-9-12-15-18-20(22)23-2/h3-18H2,1-2H3. The summed E-state index contributed by atoms with van der Waals surface area (Å²) in [5, 5.41) is 0. The predicted molar refractivity (Wildman–Crippen MR) is 96.6 cm³/mol. The van der Waals surface area contributed by atoms with E-state index in [-0.39, 0.29) is 5.97 Å². The fourth-order valence-electron chi connectivity index (χ4n) is 2.80. The van der Waals surface area contributed by atoms with Crippen molar-refractivity contribution in [1.29, 1.82) is 0 Å². The molecule has 0 rings (SSSR count). The number of rotatable bonds is 17. The third kappa shape index (κ3) is 17.3. The Balaban J connectivity index is 3.17. The van der Waals surface area contributed by atoms with Gasteiger partial charge in [-0.05, 0) is 19.3 Å². The van der Waals surface area contributed by atoms with Crippen molar-refractivity contribution in [1.82, 2.24) is 0 Å². The number of ether oxygens (including phenoxy) is 1. The molecule has 0 aliphatic rings. The van der Waals surface area contributed by atoms with E-state index >= 15 is 0 Å². The molecule has 0 radical (unpaired) electrons. The first kappa shape index (κ1) is 22.1. The van der Waals surface area contributed by atoms with Crippen LogP contribution >= 0.6 is 0 Å². The zero-order chi connectivity index (χ0) is 17.2. The molecule has 0 saturated heterocycles. The van der Waals surface area contributed by atoms with Crippen LogP contribution in [0.2, 0.25) is 0 Å². The van der Waals surface area contributed by atoms with E-state index in [1.807, 2.05) is 0 Å². The number of hydrogen-bond donors (Lipinski definition) is 0. The van der Waals surface area contributed by atoms with Gasteiger partial charge in [0, 0.05) is 19.3 Å². The number of Topliss-reactive ketones (excluding diaryl/α,β-unsaturated/α-hetero) is 1. The number of esters is 1. The van der Waals surface area contributed by atoms with Gasteiger partial charge in [0.05, 0.1) is 7.11 Å². The summed E-state index contributed by atoms with van der Waals surface area (Å²) in [6, 6.07) is 0. The van der Waals surface area contributed by atoms with E-state index in [1.165, 1.54) is 64.9 Å². The Labute approximate surface area is 143 Å². The quantitative estimate of drug-likeness (QED) is 0.243. The van der Waals surface area contributed by atoms with Crippen LogP contribution in [0.3, 0.4) is 0 Å². The van der Waals surface area contributed by atoms with Gasteiger partial charge in [0.15, 0.2) is 0 Å². The fourth-order valence-corrected chi connectivity index (χ4v) is 2.80. The van der Waals surface area contributed by atoms with Gasteiger partial charge in [0.25, 0.3) is 0 Å². The minimum Gasteiger partial charge on any atom is -0.469 e. The van der Waals surface area contributed by atoms with Gasteiger partial charge in [0.1, 0.15) is 5.78 Å². The van der Waals surface area contributed by atoms with E-state index in [2.05, 4.69) is 11.7 Å². The minimum absolute atomic E-state index is 0.0972. The molecule has 0 unspecified atom stereocenters. The maximum Gasteiger partial charge on any atom is 0.305 e. The lowest BCUT2D eigenvalue weighted by atomic mass is 10.0. The van der Waals surface area contributed by atoms with E-state index in [1.54, 1.807) is 0 Å². The van der Waals surface area contributed by atoms with Crippen molar-refractivity contribution in [3.05, 3.63) is 0 Å². The molecule has 0 heterocycles. The summed E-state index contributed by atoms with van der Waals surface area (Å²) in [5.41, 5.74) is 0. The summed E-state index contributed by atoms with van der Waals surface area (Å²) in [6.07, 6.45) is 17.5. The Bertz CT molecular complexity index is 287. The Kier molecular flexibility index (Phi) is 16.8. The van der Waals surface area contributed by atoms with Gasteiger partial charge in [-0.2, -0.15) is 0 Å². The molecular formula is C20H38O3. The van der Waals surface area contributed by atoms with Crippen LogP contribution in [-0.4, -0.2) is 18.9 Å². The van der Waals surface area contributed by atoms with Gasteiger partial charge in [-0.3, -0.25) is 9.59 Å². The highest BCUT2D eigenvalue weighted by Gasteiger charge is 2.02. The second-order valence-corrected chi connectivity index (χ2v) is 6.61. The zero-order valence-electron chi connectivity index (χ0n) is 15.5. The molecule has 0 aromatic carbocycles. The van der Waals surface area contributed by atoms with Crippen LogP contribution in [-0.2, 0) is 14.3 Å². The number of hydrogen-bond acceptors (Lipinski definition) is 3. The van der Waals surface area contributed by atoms with E-state index in [4.69, 9.17) is 0 Å². The number of ketones is 1. The van der Waals surface area contributed by atoms with E-state index < -0.39 is 0 Å². The van der Waals surface area contributed by atoms with Crippen LogP contribution in [0, 0.1) is 0 Å². The van der Waals surface area contributed by atoms with Crippen LogP contribution in [0.5, 0.6) is 0 Å². The third-order valence-electron chi connectivity index (χ3n) is 4.37. The lowest BCUT2D eigenvalue weighted by Crippen LogP contribution is -1.99. The first-order valence-electron chi connectivity index (χ1n) is 9.79. The molecule has 3 heteroatoms. The van der Waals surface area contributed by atoms with Gasteiger partial charge >= 0.3 is 5.97 Å². The van der Waals surface area contributed by atoms with Crippen molar-refractivity contribution in [2.45, 2.75) is 110 Å². The Morgan fingerprint density at radius 3 is 1.43 bits per heavy atom. The van der Waals surface area contributed by atoms with Crippen LogP contribution in [0.15, 0.2) is 0 Å². The summed E-state index contributed by atoms with van der Waals surface area (Å²) in [6.45, 7) is 2.22. The Hall–Kier alpha value is -0.860. The number of methoxy groups -OCH3 is 1. The van der Waals surface area contributed by atoms with Crippen LogP contribution < -0.4 is 0 Å². The maximum absolute atomic E-state index is 11.7. The zero-order valence-corrected chi connectivity index (χ0v) is 15.5. The molecule has 0 bridgehead atoms. The SMILES string of the molecule is CCCCCCCC(=O)CCCCCCCCCCC(=O)OC. The second-order valence-electron chi connectivity index (χ2n) is 6.61. The van der Waals surface area contributed by atoms with Crippen molar-refractivity contribution < 1.29 is 14.3 Å². The van der Waals surface area contributed by atoms with Crippen LogP contribution in [0.4, 0.5) is 0 Å². The average Bonchev–Trinajstić information content (AvgIpc) is 2.56. The van der Waals surface area contributed by atoms with Gasteiger partial charge in [-0.15, -0.1) is 0 Å². The van der Waals surface area contributed by atoms with Crippen LogP contribution in [0.25, 0.3) is 0 Å². The van der Waals surface area contributed by atoms with Crippen molar-refractivity contribution in [2.24, 2.45) is 0 Å². The molecule has 0 atom stereocenters. The minimum atomic E-state index is -0.0972. The van der Waals surface area contributed by atoms with Gasteiger partial charge < -0.3 is 4.74 Å². The smallest absolute Gasteiger partial charge is 0.305 e. The largest absolute Gasteiger partial charge is 0.469 e. The van der Waals surface area contributed by atoms with Crippen molar-refractivity contribution in [3.63, 3.8) is 0 Å². The monoisotopic (exact) mass is 326 g/mol. The number of carbonyl (C=O) groups is 2. The van der Waals surface area contributed by atoms with Crippen molar-refractivity contribution in [2.75, 3.05) is 7.11 Å². The summed E-state index contributed by atoms with van der Waals surface area (Å²) in [4.78, 5) is 22.7. The lowest BCUT2D eigenvalue weighted by Gasteiger charge is -2.03. The lowest BCUT2D eigenvalue weighted by molar-refractivity contribution is -0.140. The number of carbonyl (C=O) groups excluding carboxylic acids is 2. The van der Waals surface area contributed by atoms with Gasteiger partial charge in [-0.1, -0.05) is 71.1 Å². The second kappa shape index (κ2) is 17.5. The molecule has 136 valence electrons.